The average molecular weight is 260 g/mol. The maximum Gasteiger partial charge on any atom is 0.362 e. The Labute approximate surface area is 106 Å². The smallest absolute Gasteiger partial charge is 0.350 e. The number of hydroxylamine groups is 2. The van der Waals surface area contributed by atoms with Gasteiger partial charge in [-0.05, 0) is 25.7 Å². The monoisotopic (exact) mass is 260 g/mol. The van der Waals surface area contributed by atoms with Crippen LogP contribution in [0.4, 0.5) is 4.79 Å². The number of carbonyl (C=O) groups excluding carboxylic acids is 1. The van der Waals surface area contributed by atoms with Crippen LogP contribution in [0.15, 0.2) is 0 Å². The number of hydrogen-bond donors (Lipinski definition) is 2. The lowest BCUT2D eigenvalue weighted by atomic mass is 10.2. The lowest BCUT2D eigenvalue weighted by molar-refractivity contribution is -0.201. The summed E-state index contributed by atoms with van der Waals surface area (Å²) < 4.78 is 10.6. The van der Waals surface area contributed by atoms with Crippen LogP contribution in [0.2, 0.25) is 0 Å². The third-order valence-electron chi connectivity index (χ3n) is 2.84. The predicted octanol–water partition coefficient (Wildman–Crippen LogP) is 1.20. The van der Waals surface area contributed by atoms with Crippen LogP contribution < -0.4 is 11.0 Å². The molecule has 0 aromatic rings. The van der Waals surface area contributed by atoms with Gasteiger partial charge < -0.3 is 9.47 Å². The predicted molar refractivity (Wildman–Crippen MR) is 61.0 cm³/mol. The van der Waals surface area contributed by atoms with E-state index in [1.54, 1.807) is 0 Å². The molecule has 0 spiro atoms. The summed E-state index contributed by atoms with van der Waals surface area (Å²) in [5, 5.41) is 0. The molecular weight excluding hydrogens is 240 g/mol. The van der Waals surface area contributed by atoms with Gasteiger partial charge in [0.25, 0.3) is 0 Å². The quantitative estimate of drug-likeness (QED) is 0.743. The molecule has 18 heavy (non-hydrogen) atoms. The second-order valence-corrected chi connectivity index (χ2v) is 4.36. The molecule has 2 N–H and O–H groups in total. The molecule has 104 valence electrons. The highest BCUT2D eigenvalue weighted by Crippen LogP contribution is 2.13. The summed E-state index contributed by atoms with van der Waals surface area (Å²) in [5.74, 6) is 0. The van der Waals surface area contributed by atoms with Gasteiger partial charge in [0.1, 0.15) is 0 Å². The number of urea groups is 1. The van der Waals surface area contributed by atoms with Gasteiger partial charge in [-0.1, -0.05) is 0 Å². The summed E-state index contributed by atoms with van der Waals surface area (Å²) in [4.78, 5) is 21.5. The fraction of sp³-hybridized carbons (Fsp3) is 0.909. The zero-order valence-electron chi connectivity index (χ0n) is 10.4. The van der Waals surface area contributed by atoms with Gasteiger partial charge in [-0.3, -0.25) is 0 Å². The van der Waals surface area contributed by atoms with Crippen molar-refractivity contribution in [2.75, 3.05) is 13.2 Å². The molecule has 7 nitrogen and oxygen atoms in total. The van der Waals surface area contributed by atoms with E-state index in [1.807, 2.05) is 0 Å². The molecule has 0 aromatic carbocycles. The Kier molecular flexibility index (Phi) is 5.66. The van der Waals surface area contributed by atoms with Gasteiger partial charge in [0, 0.05) is 26.1 Å². The van der Waals surface area contributed by atoms with Crippen LogP contribution in [-0.2, 0) is 19.1 Å². The van der Waals surface area contributed by atoms with Crippen LogP contribution >= 0.6 is 0 Å². The fourth-order valence-corrected chi connectivity index (χ4v) is 1.87. The number of nitrogens with one attached hydrogen (secondary N) is 2. The van der Waals surface area contributed by atoms with Crippen LogP contribution in [0.5, 0.6) is 0 Å². The second-order valence-electron chi connectivity index (χ2n) is 4.36. The Morgan fingerprint density at radius 3 is 1.78 bits per heavy atom. The average Bonchev–Trinajstić information content (AvgIpc) is 2.45. The van der Waals surface area contributed by atoms with Gasteiger partial charge in [0.2, 0.25) is 0 Å². The van der Waals surface area contributed by atoms with Crippen molar-refractivity contribution in [1.82, 2.24) is 11.0 Å². The van der Waals surface area contributed by atoms with Gasteiger partial charge in [0.05, 0.1) is 0 Å². The molecule has 2 heterocycles. The summed E-state index contributed by atoms with van der Waals surface area (Å²) >= 11 is 0. The molecule has 7 heteroatoms. The number of amides is 2. The first-order valence-electron chi connectivity index (χ1n) is 6.45. The van der Waals surface area contributed by atoms with Crippen LogP contribution in [0.25, 0.3) is 0 Å². The molecule has 0 aliphatic carbocycles. The number of rotatable bonds is 4. The molecule has 0 aromatic heterocycles. The van der Waals surface area contributed by atoms with Gasteiger partial charge in [-0.2, -0.15) is 0 Å². The summed E-state index contributed by atoms with van der Waals surface area (Å²) in [6.45, 7) is 1.33. The van der Waals surface area contributed by atoms with Gasteiger partial charge >= 0.3 is 6.03 Å². The van der Waals surface area contributed by atoms with E-state index in [0.29, 0.717) is 13.2 Å². The molecule has 2 unspecified atom stereocenters. The maximum atomic E-state index is 11.3. The summed E-state index contributed by atoms with van der Waals surface area (Å²) in [7, 11) is 0. The molecule has 2 rings (SSSR count). The molecule has 2 saturated heterocycles. The van der Waals surface area contributed by atoms with Crippen LogP contribution in [0, 0.1) is 0 Å². The summed E-state index contributed by atoms with van der Waals surface area (Å²) in [5.41, 5.74) is 4.47. The standard InChI is InChI=1S/C11H20N2O5/c14-11(12-17-9-5-1-3-7-15-9)13-18-10-6-2-4-8-16-10/h9-10H,1-8H2,(H2,12,13,14). The minimum absolute atomic E-state index is 0.365. The molecule has 2 amide bonds. The normalized spacial score (nSPS) is 28.7. The second kappa shape index (κ2) is 7.52. The minimum atomic E-state index is -0.557. The zero-order valence-corrected chi connectivity index (χ0v) is 10.4. The van der Waals surface area contributed by atoms with E-state index in [-0.39, 0.29) is 12.6 Å². The Bertz CT molecular complexity index is 228. The SMILES string of the molecule is O=C(NOC1CCCCO1)NOC1CCCCO1. The van der Waals surface area contributed by atoms with Crippen LogP contribution in [0.3, 0.4) is 0 Å². The van der Waals surface area contributed by atoms with Gasteiger partial charge in [0.15, 0.2) is 12.6 Å². The summed E-state index contributed by atoms with van der Waals surface area (Å²) in [6.07, 6.45) is 4.99. The van der Waals surface area contributed by atoms with Crippen molar-refractivity contribution >= 4 is 6.03 Å². The molecule has 0 saturated carbocycles. The Hall–Kier alpha value is -0.890. The highest BCUT2D eigenvalue weighted by atomic mass is 16.8. The van der Waals surface area contributed by atoms with E-state index in [9.17, 15) is 4.79 Å². The molecule has 2 aliphatic heterocycles. The van der Waals surface area contributed by atoms with Crippen molar-refractivity contribution in [1.29, 1.82) is 0 Å². The maximum absolute atomic E-state index is 11.3. The van der Waals surface area contributed by atoms with E-state index in [4.69, 9.17) is 19.1 Å². The Morgan fingerprint density at radius 1 is 0.889 bits per heavy atom. The van der Waals surface area contributed by atoms with E-state index < -0.39 is 6.03 Å². The molecule has 2 aliphatic rings. The first kappa shape index (κ1) is 13.5. The Morgan fingerprint density at radius 2 is 1.39 bits per heavy atom. The van der Waals surface area contributed by atoms with Crippen LogP contribution in [-0.4, -0.2) is 31.8 Å². The number of hydrogen-bond acceptors (Lipinski definition) is 5. The highest BCUT2D eigenvalue weighted by molar-refractivity contribution is 5.71. The van der Waals surface area contributed by atoms with Crippen molar-refractivity contribution in [2.24, 2.45) is 0 Å². The van der Waals surface area contributed by atoms with E-state index >= 15 is 0 Å². The molecule has 2 atom stereocenters. The van der Waals surface area contributed by atoms with E-state index in [1.165, 1.54) is 0 Å². The molecular formula is C11H20N2O5. The van der Waals surface area contributed by atoms with Crippen LogP contribution in [0.1, 0.15) is 38.5 Å². The van der Waals surface area contributed by atoms with Gasteiger partial charge in [-0.15, -0.1) is 0 Å². The van der Waals surface area contributed by atoms with Crippen molar-refractivity contribution in [2.45, 2.75) is 51.1 Å². The summed E-state index contributed by atoms with van der Waals surface area (Å²) in [6, 6.07) is -0.557. The number of carbonyl (C=O) groups is 1. The third kappa shape index (κ3) is 4.77. The third-order valence-corrected chi connectivity index (χ3v) is 2.84. The van der Waals surface area contributed by atoms with Crippen molar-refractivity contribution in [3.8, 4) is 0 Å². The minimum Gasteiger partial charge on any atom is -0.350 e. The first-order chi connectivity index (χ1) is 8.84. The van der Waals surface area contributed by atoms with Crippen molar-refractivity contribution in [3.05, 3.63) is 0 Å². The highest BCUT2D eigenvalue weighted by Gasteiger charge is 2.18. The zero-order chi connectivity index (χ0) is 12.6. The first-order valence-corrected chi connectivity index (χ1v) is 6.45. The van der Waals surface area contributed by atoms with Crippen molar-refractivity contribution in [3.63, 3.8) is 0 Å². The van der Waals surface area contributed by atoms with E-state index in [2.05, 4.69) is 11.0 Å². The lowest BCUT2D eigenvalue weighted by Crippen LogP contribution is -2.42. The largest absolute Gasteiger partial charge is 0.362 e. The fourth-order valence-electron chi connectivity index (χ4n) is 1.87. The molecule has 0 bridgehead atoms. The lowest BCUT2D eigenvalue weighted by Gasteiger charge is -2.24. The van der Waals surface area contributed by atoms with Crippen molar-refractivity contribution < 1.29 is 23.9 Å². The van der Waals surface area contributed by atoms with E-state index in [0.717, 1.165) is 38.5 Å². The number of ether oxygens (including phenoxy) is 2. The molecule has 2 fully saturated rings. The Balaban J connectivity index is 1.54. The topological polar surface area (TPSA) is 78.1 Å². The molecule has 0 radical (unpaired) electrons. The van der Waals surface area contributed by atoms with Gasteiger partial charge in [-0.25, -0.2) is 25.4 Å².